The molecule has 1 rings (SSSR count). The fourth-order valence-electron chi connectivity index (χ4n) is 0.916. The highest BCUT2D eigenvalue weighted by Gasteiger charge is 2.17. The zero-order chi connectivity index (χ0) is 12.3. The molecule has 0 spiro atoms. The van der Waals surface area contributed by atoms with E-state index in [1.807, 2.05) is 0 Å². The molecule has 1 aromatic rings. The molecule has 1 aromatic carbocycles. The lowest BCUT2D eigenvalue weighted by Gasteiger charge is -2.00. The van der Waals surface area contributed by atoms with Crippen LogP contribution in [-0.2, 0) is 14.6 Å². The highest BCUT2D eigenvalue weighted by Crippen LogP contribution is 2.17. The van der Waals surface area contributed by atoms with Gasteiger partial charge in [0.05, 0.1) is 0 Å². The molecular formula is C9H6F2O4S. The van der Waals surface area contributed by atoms with Crippen LogP contribution in [0.25, 0.3) is 0 Å². The SMILES string of the molecule is O=C(O)/C=C/S(=O)(=O)c1cc(F)ccc1F. The van der Waals surface area contributed by atoms with Gasteiger partial charge < -0.3 is 5.11 Å². The van der Waals surface area contributed by atoms with Gasteiger partial charge in [0.15, 0.2) is 0 Å². The van der Waals surface area contributed by atoms with Gasteiger partial charge in [0.1, 0.15) is 16.5 Å². The van der Waals surface area contributed by atoms with Gasteiger partial charge in [-0.05, 0) is 18.2 Å². The van der Waals surface area contributed by atoms with Gasteiger partial charge in [-0.1, -0.05) is 0 Å². The van der Waals surface area contributed by atoms with Gasteiger partial charge in [-0.3, -0.25) is 0 Å². The molecule has 0 aromatic heterocycles. The van der Waals surface area contributed by atoms with Crippen molar-refractivity contribution in [3.05, 3.63) is 41.3 Å². The number of carboxylic acid groups (broad SMARTS) is 1. The average molecular weight is 248 g/mol. The van der Waals surface area contributed by atoms with Crippen molar-refractivity contribution < 1.29 is 27.1 Å². The van der Waals surface area contributed by atoms with E-state index in [0.717, 1.165) is 6.07 Å². The molecular weight excluding hydrogens is 242 g/mol. The van der Waals surface area contributed by atoms with Crippen molar-refractivity contribution in [1.82, 2.24) is 0 Å². The van der Waals surface area contributed by atoms with Crippen LogP contribution in [0.5, 0.6) is 0 Å². The normalized spacial score (nSPS) is 11.9. The number of hydrogen-bond acceptors (Lipinski definition) is 3. The average Bonchev–Trinajstić information content (AvgIpc) is 2.19. The van der Waals surface area contributed by atoms with Crippen LogP contribution in [0.2, 0.25) is 0 Å². The van der Waals surface area contributed by atoms with Crippen molar-refractivity contribution in [3.63, 3.8) is 0 Å². The van der Waals surface area contributed by atoms with Crippen LogP contribution in [-0.4, -0.2) is 19.5 Å². The molecule has 0 radical (unpaired) electrons. The number of rotatable bonds is 3. The second-order valence-electron chi connectivity index (χ2n) is 2.76. The summed E-state index contributed by atoms with van der Waals surface area (Å²) >= 11 is 0. The lowest BCUT2D eigenvalue weighted by Crippen LogP contribution is -2.02. The van der Waals surface area contributed by atoms with Crippen LogP contribution < -0.4 is 0 Å². The Labute approximate surface area is 89.7 Å². The summed E-state index contributed by atoms with van der Waals surface area (Å²) in [7, 11) is -4.28. The van der Waals surface area contributed by atoms with Gasteiger partial charge in [0, 0.05) is 11.5 Å². The molecule has 0 fully saturated rings. The van der Waals surface area contributed by atoms with E-state index in [4.69, 9.17) is 5.11 Å². The summed E-state index contributed by atoms with van der Waals surface area (Å²) in [5, 5.41) is 8.53. The highest BCUT2D eigenvalue weighted by atomic mass is 32.2. The number of carbonyl (C=O) groups is 1. The molecule has 0 aliphatic carbocycles. The van der Waals surface area contributed by atoms with E-state index in [9.17, 15) is 22.0 Å². The predicted molar refractivity (Wildman–Crippen MR) is 50.3 cm³/mol. The summed E-state index contributed by atoms with van der Waals surface area (Å²) in [5.74, 6) is -3.57. The lowest BCUT2D eigenvalue weighted by molar-refractivity contribution is -0.131. The fraction of sp³-hybridized carbons (Fsp3) is 0. The van der Waals surface area contributed by atoms with E-state index in [2.05, 4.69) is 0 Å². The quantitative estimate of drug-likeness (QED) is 0.819. The highest BCUT2D eigenvalue weighted by molar-refractivity contribution is 7.94. The topological polar surface area (TPSA) is 71.4 Å². The summed E-state index contributed by atoms with van der Waals surface area (Å²) in [4.78, 5) is 9.21. The third-order valence-corrected chi connectivity index (χ3v) is 3.01. The van der Waals surface area contributed by atoms with Gasteiger partial charge in [-0.25, -0.2) is 22.0 Å². The van der Waals surface area contributed by atoms with Crippen LogP contribution in [0.3, 0.4) is 0 Å². The van der Waals surface area contributed by atoms with Crippen molar-refractivity contribution >= 4 is 15.8 Å². The number of halogens is 2. The molecule has 0 atom stereocenters. The number of sulfone groups is 1. The van der Waals surface area contributed by atoms with Crippen molar-refractivity contribution in [1.29, 1.82) is 0 Å². The molecule has 0 heterocycles. The molecule has 1 N–H and O–H groups in total. The van der Waals surface area contributed by atoms with E-state index in [1.54, 1.807) is 0 Å². The van der Waals surface area contributed by atoms with E-state index >= 15 is 0 Å². The number of hydrogen-bond donors (Lipinski definition) is 1. The molecule has 0 bridgehead atoms. The van der Waals surface area contributed by atoms with Crippen molar-refractivity contribution in [2.24, 2.45) is 0 Å². The van der Waals surface area contributed by atoms with Gasteiger partial charge >= 0.3 is 5.97 Å². The summed E-state index contributed by atoms with van der Waals surface area (Å²) in [6, 6.07) is 1.89. The number of aliphatic carboxylic acids is 1. The molecule has 0 unspecified atom stereocenters. The maximum absolute atomic E-state index is 13.1. The Kier molecular flexibility index (Phi) is 3.38. The first-order valence-corrected chi connectivity index (χ1v) is 5.49. The van der Waals surface area contributed by atoms with Crippen LogP contribution in [0.4, 0.5) is 8.78 Å². The zero-order valence-electron chi connectivity index (χ0n) is 7.72. The van der Waals surface area contributed by atoms with Crippen molar-refractivity contribution in [3.8, 4) is 0 Å². The van der Waals surface area contributed by atoms with Crippen LogP contribution in [0.15, 0.2) is 34.6 Å². The largest absolute Gasteiger partial charge is 0.478 e. The molecule has 0 saturated carbocycles. The van der Waals surface area contributed by atoms with E-state index in [0.29, 0.717) is 23.6 Å². The summed E-state index contributed by atoms with van der Waals surface area (Å²) in [5.41, 5.74) is 0. The van der Waals surface area contributed by atoms with Crippen LogP contribution >= 0.6 is 0 Å². The summed E-state index contributed by atoms with van der Waals surface area (Å²) < 4.78 is 48.5. The minimum absolute atomic E-state index is 0.299. The van der Waals surface area contributed by atoms with E-state index in [-0.39, 0.29) is 0 Å². The Hall–Kier alpha value is -1.76. The van der Waals surface area contributed by atoms with Gasteiger partial charge in [0.2, 0.25) is 9.84 Å². The standard InChI is InChI=1S/C9H6F2O4S/c10-6-1-2-7(11)8(5-6)16(14,15)4-3-9(12)13/h1-5H,(H,12,13)/b4-3+. The summed E-state index contributed by atoms with van der Waals surface area (Å²) in [6.45, 7) is 0. The zero-order valence-corrected chi connectivity index (χ0v) is 8.54. The lowest BCUT2D eigenvalue weighted by atomic mass is 10.3. The minimum atomic E-state index is -4.28. The third kappa shape index (κ3) is 2.86. The monoisotopic (exact) mass is 248 g/mol. The first-order valence-electron chi connectivity index (χ1n) is 3.94. The predicted octanol–water partition coefficient (Wildman–Crippen LogP) is 1.34. The Bertz CT molecular complexity index is 549. The molecule has 7 heteroatoms. The first-order chi connectivity index (χ1) is 7.33. The molecule has 0 aliphatic rings. The van der Waals surface area contributed by atoms with E-state index in [1.165, 1.54) is 0 Å². The van der Waals surface area contributed by atoms with Gasteiger partial charge in [-0.15, -0.1) is 0 Å². The fourth-order valence-corrected chi connectivity index (χ4v) is 1.98. The molecule has 16 heavy (non-hydrogen) atoms. The molecule has 0 amide bonds. The molecule has 86 valence electrons. The second-order valence-corrected chi connectivity index (χ2v) is 4.56. The number of benzene rings is 1. The number of carboxylic acids is 1. The summed E-state index contributed by atoms with van der Waals surface area (Å²) in [6.07, 6.45) is 0.333. The Morgan fingerprint density at radius 1 is 1.31 bits per heavy atom. The van der Waals surface area contributed by atoms with Crippen molar-refractivity contribution in [2.75, 3.05) is 0 Å². The molecule has 0 aliphatic heterocycles. The second kappa shape index (κ2) is 4.40. The molecule has 4 nitrogen and oxygen atoms in total. The van der Waals surface area contributed by atoms with Crippen molar-refractivity contribution in [2.45, 2.75) is 4.90 Å². The maximum atomic E-state index is 13.1. The Balaban J connectivity index is 3.27. The smallest absolute Gasteiger partial charge is 0.329 e. The minimum Gasteiger partial charge on any atom is -0.478 e. The third-order valence-electron chi connectivity index (χ3n) is 1.59. The van der Waals surface area contributed by atoms with Crippen LogP contribution in [0.1, 0.15) is 0 Å². The van der Waals surface area contributed by atoms with Gasteiger partial charge in [-0.2, -0.15) is 0 Å². The Morgan fingerprint density at radius 3 is 2.50 bits per heavy atom. The maximum Gasteiger partial charge on any atom is 0.329 e. The molecule has 0 saturated heterocycles. The van der Waals surface area contributed by atoms with Gasteiger partial charge in [0.25, 0.3) is 0 Å². The first kappa shape index (κ1) is 12.3. The van der Waals surface area contributed by atoms with E-state index < -0.39 is 32.3 Å². The van der Waals surface area contributed by atoms with Crippen LogP contribution in [0, 0.1) is 11.6 Å². The Morgan fingerprint density at radius 2 is 1.94 bits per heavy atom.